The summed E-state index contributed by atoms with van der Waals surface area (Å²) in [4.78, 5) is 6.89. The molecule has 19 heavy (non-hydrogen) atoms. The van der Waals surface area contributed by atoms with Crippen molar-refractivity contribution in [2.24, 2.45) is 11.1 Å². The molecule has 0 radical (unpaired) electrons. The second kappa shape index (κ2) is 5.49. The van der Waals surface area contributed by atoms with Gasteiger partial charge in [0.25, 0.3) is 0 Å². The number of hydrogen-bond donors (Lipinski definition) is 1. The molecule has 2 N–H and O–H groups in total. The maximum absolute atomic E-state index is 5.86. The van der Waals surface area contributed by atoms with E-state index in [0.29, 0.717) is 11.5 Å². The van der Waals surface area contributed by atoms with Crippen molar-refractivity contribution in [3.63, 3.8) is 0 Å². The third-order valence-electron chi connectivity index (χ3n) is 4.51. The molecule has 1 heterocycles. The Bertz CT molecular complexity index is 399. The smallest absolute Gasteiger partial charge is 0.128 e. The van der Waals surface area contributed by atoms with Crippen LogP contribution in [0.1, 0.15) is 58.1 Å². The Morgan fingerprint density at radius 1 is 1.32 bits per heavy atom. The van der Waals surface area contributed by atoms with Gasteiger partial charge in [-0.2, -0.15) is 0 Å². The van der Waals surface area contributed by atoms with E-state index < -0.39 is 0 Å². The fraction of sp³-hybridized carbons (Fsp3) is 0.688. The highest BCUT2D eigenvalue weighted by Crippen LogP contribution is 2.37. The zero-order chi connectivity index (χ0) is 14.0. The van der Waals surface area contributed by atoms with Gasteiger partial charge in [-0.05, 0) is 49.7 Å². The lowest BCUT2D eigenvalue weighted by Crippen LogP contribution is -2.37. The Balaban J connectivity index is 2.02. The van der Waals surface area contributed by atoms with Crippen LogP contribution in [-0.2, 0) is 0 Å². The molecular weight excluding hydrogens is 234 g/mol. The van der Waals surface area contributed by atoms with Crippen molar-refractivity contribution in [3.05, 3.63) is 23.9 Å². The molecule has 0 bridgehead atoms. The largest absolute Gasteiger partial charge is 0.357 e. The Morgan fingerprint density at radius 2 is 1.95 bits per heavy atom. The third kappa shape index (κ3) is 3.47. The molecule has 3 heteroatoms. The van der Waals surface area contributed by atoms with Crippen LogP contribution in [0.15, 0.2) is 18.3 Å². The molecule has 106 valence electrons. The Labute approximate surface area is 117 Å². The predicted molar refractivity (Wildman–Crippen MR) is 81.3 cm³/mol. The van der Waals surface area contributed by atoms with Crippen LogP contribution in [0.25, 0.3) is 0 Å². The maximum Gasteiger partial charge on any atom is 0.128 e. The first-order valence-corrected chi connectivity index (χ1v) is 7.33. The Kier molecular flexibility index (Phi) is 4.14. The monoisotopic (exact) mass is 261 g/mol. The summed E-state index contributed by atoms with van der Waals surface area (Å²) in [5, 5.41) is 0. The molecule has 0 aliphatic heterocycles. The average molecular weight is 261 g/mol. The van der Waals surface area contributed by atoms with Gasteiger partial charge in [0.05, 0.1) is 0 Å². The number of nitrogens with zero attached hydrogens (tertiary/aromatic N) is 2. The third-order valence-corrected chi connectivity index (χ3v) is 4.51. The highest BCUT2D eigenvalue weighted by molar-refractivity contribution is 5.40. The molecule has 1 saturated carbocycles. The van der Waals surface area contributed by atoms with Crippen LogP contribution < -0.4 is 10.6 Å². The topological polar surface area (TPSA) is 42.1 Å². The van der Waals surface area contributed by atoms with Gasteiger partial charge >= 0.3 is 0 Å². The van der Waals surface area contributed by atoms with E-state index >= 15 is 0 Å². The van der Waals surface area contributed by atoms with E-state index in [-0.39, 0.29) is 6.04 Å². The second-order valence-electron chi connectivity index (χ2n) is 6.74. The van der Waals surface area contributed by atoms with Gasteiger partial charge in [-0.25, -0.2) is 4.98 Å². The zero-order valence-corrected chi connectivity index (χ0v) is 12.7. The minimum atomic E-state index is 0.0577. The number of rotatable bonds is 3. The van der Waals surface area contributed by atoms with Crippen LogP contribution in [0, 0.1) is 5.41 Å². The number of aromatic nitrogens is 1. The highest BCUT2D eigenvalue weighted by Gasteiger charge is 2.29. The van der Waals surface area contributed by atoms with Gasteiger partial charge in [-0.15, -0.1) is 0 Å². The molecule has 3 nitrogen and oxygen atoms in total. The fourth-order valence-corrected chi connectivity index (χ4v) is 2.83. The molecule has 1 aromatic heterocycles. The van der Waals surface area contributed by atoms with Crippen molar-refractivity contribution in [1.82, 2.24) is 4.98 Å². The molecule has 0 unspecified atom stereocenters. The number of nitrogens with two attached hydrogens (primary N) is 1. The predicted octanol–water partition coefficient (Wildman–Crippen LogP) is 3.51. The molecule has 1 aliphatic carbocycles. The summed E-state index contributed by atoms with van der Waals surface area (Å²) in [6.45, 7) is 6.74. The molecule has 0 saturated heterocycles. The minimum absolute atomic E-state index is 0.0577. The first-order chi connectivity index (χ1) is 8.89. The van der Waals surface area contributed by atoms with Crippen molar-refractivity contribution >= 4 is 5.82 Å². The SMILES string of the molecule is C[C@@H](N)c1ccc(N(C)C2CCC(C)(C)CC2)nc1. The number of anilines is 1. The lowest BCUT2D eigenvalue weighted by Gasteiger charge is -2.39. The normalized spacial score (nSPS) is 21.1. The first kappa shape index (κ1) is 14.3. The summed E-state index contributed by atoms with van der Waals surface area (Å²) in [5.74, 6) is 1.06. The van der Waals surface area contributed by atoms with Crippen LogP contribution in [0.3, 0.4) is 0 Å². The van der Waals surface area contributed by atoms with E-state index in [4.69, 9.17) is 5.73 Å². The Hall–Kier alpha value is -1.09. The molecule has 1 fully saturated rings. The van der Waals surface area contributed by atoms with Crippen molar-refractivity contribution < 1.29 is 0 Å². The lowest BCUT2D eigenvalue weighted by molar-refractivity contribution is 0.222. The van der Waals surface area contributed by atoms with Gasteiger partial charge in [0.1, 0.15) is 5.82 Å². The quantitative estimate of drug-likeness (QED) is 0.905. The molecule has 0 aromatic carbocycles. The molecule has 1 aliphatic rings. The van der Waals surface area contributed by atoms with Crippen LogP contribution in [0.5, 0.6) is 0 Å². The van der Waals surface area contributed by atoms with Gasteiger partial charge in [0.2, 0.25) is 0 Å². The Morgan fingerprint density at radius 3 is 2.42 bits per heavy atom. The second-order valence-corrected chi connectivity index (χ2v) is 6.74. The van der Waals surface area contributed by atoms with Gasteiger partial charge < -0.3 is 10.6 Å². The zero-order valence-electron chi connectivity index (χ0n) is 12.7. The van der Waals surface area contributed by atoms with Crippen LogP contribution >= 0.6 is 0 Å². The fourth-order valence-electron chi connectivity index (χ4n) is 2.83. The molecule has 0 amide bonds. The van der Waals surface area contributed by atoms with Gasteiger partial charge in [-0.3, -0.25) is 0 Å². The van der Waals surface area contributed by atoms with Crippen LogP contribution in [0.4, 0.5) is 5.82 Å². The summed E-state index contributed by atoms with van der Waals surface area (Å²) < 4.78 is 0. The molecule has 1 atom stereocenters. The summed E-state index contributed by atoms with van der Waals surface area (Å²) in [7, 11) is 2.16. The standard InChI is InChI=1S/C16H27N3/c1-12(17)13-5-6-15(18-11-13)19(4)14-7-9-16(2,3)10-8-14/h5-6,11-12,14H,7-10,17H2,1-4H3/t12-/m1/s1. The van der Waals surface area contributed by atoms with Gasteiger partial charge in [0, 0.05) is 25.3 Å². The van der Waals surface area contributed by atoms with E-state index in [1.165, 1.54) is 25.7 Å². The molecular formula is C16H27N3. The van der Waals surface area contributed by atoms with Gasteiger partial charge in [0.15, 0.2) is 0 Å². The summed E-state index contributed by atoms with van der Waals surface area (Å²) in [6.07, 6.45) is 7.05. The summed E-state index contributed by atoms with van der Waals surface area (Å²) in [5.41, 5.74) is 7.48. The van der Waals surface area contributed by atoms with Crippen molar-refractivity contribution in [2.45, 2.75) is 58.5 Å². The maximum atomic E-state index is 5.86. The number of pyridine rings is 1. The van der Waals surface area contributed by atoms with E-state index in [2.05, 4.69) is 42.9 Å². The lowest BCUT2D eigenvalue weighted by atomic mass is 9.75. The molecule has 1 aromatic rings. The van der Waals surface area contributed by atoms with E-state index in [0.717, 1.165) is 11.4 Å². The molecule has 0 spiro atoms. The minimum Gasteiger partial charge on any atom is -0.357 e. The highest BCUT2D eigenvalue weighted by atomic mass is 15.2. The van der Waals surface area contributed by atoms with Gasteiger partial charge in [-0.1, -0.05) is 19.9 Å². The molecule has 2 rings (SSSR count). The summed E-state index contributed by atoms with van der Waals surface area (Å²) in [6, 6.07) is 4.87. The van der Waals surface area contributed by atoms with E-state index in [9.17, 15) is 0 Å². The summed E-state index contributed by atoms with van der Waals surface area (Å²) >= 11 is 0. The van der Waals surface area contributed by atoms with Crippen LogP contribution in [0.2, 0.25) is 0 Å². The average Bonchev–Trinajstić information content (AvgIpc) is 2.38. The van der Waals surface area contributed by atoms with Crippen molar-refractivity contribution in [3.8, 4) is 0 Å². The number of hydrogen-bond acceptors (Lipinski definition) is 3. The van der Waals surface area contributed by atoms with Crippen molar-refractivity contribution in [2.75, 3.05) is 11.9 Å². The first-order valence-electron chi connectivity index (χ1n) is 7.33. The van der Waals surface area contributed by atoms with E-state index in [1.807, 2.05) is 13.1 Å². The van der Waals surface area contributed by atoms with Crippen LogP contribution in [-0.4, -0.2) is 18.1 Å². The van der Waals surface area contributed by atoms with E-state index in [1.54, 1.807) is 0 Å². The van der Waals surface area contributed by atoms with Crippen molar-refractivity contribution in [1.29, 1.82) is 0 Å².